The predicted molar refractivity (Wildman–Crippen MR) is 70.4 cm³/mol. The SMILES string of the molecule is CC(C)(CO)NC(=O)c1cnc2ccccc2c1. The molecule has 0 saturated carbocycles. The minimum absolute atomic E-state index is 0.111. The fourth-order valence-electron chi connectivity index (χ4n) is 1.61. The number of amides is 1. The molecule has 2 N–H and O–H groups in total. The second-order valence-corrected chi connectivity index (χ2v) is 4.91. The van der Waals surface area contributed by atoms with Gasteiger partial charge in [-0.05, 0) is 26.0 Å². The van der Waals surface area contributed by atoms with Gasteiger partial charge in [-0.3, -0.25) is 9.78 Å². The van der Waals surface area contributed by atoms with Crippen molar-refractivity contribution >= 4 is 16.8 Å². The van der Waals surface area contributed by atoms with Crippen LogP contribution in [-0.2, 0) is 0 Å². The van der Waals surface area contributed by atoms with Crippen molar-refractivity contribution in [2.75, 3.05) is 6.61 Å². The van der Waals surface area contributed by atoms with Crippen molar-refractivity contribution in [3.05, 3.63) is 42.1 Å². The van der Waals surface area contributed by atoms with E-state index in [1.54, 1.807) is 26.1 Å². The van der Waals surface area contributed by atoms with Crippen LogP contribution in [0.15, 0.2) is 36.5 Å². The first kappa shape index (κ1) is 12.5. The molecule has 0 bridgehead atoms. The van der Waals surface area contributed by atoms with Gasteiger partial charge in [0.05, 0.1) is 23.2 Å². The number of aliphatic hydroxyl groups excluding tert-OH is 1. The Hall–Kier alpha value is -1.94. The van der Waals surface area contributed by atoms with Crippen LogP contribution in [0, 0.1) is 0 Å². The van der Waals surface area contributed by atoms with E-state index in [1.165, 1.54) is 0 Å². The third-order valence-corrected chi connectivity index (χ3v) is 2.70. The molecule has 4 nitrogen and oxygen atoms in total. The summed E-state index contributed by atoms with van der Waals surface area (Å²) in [5, 5.41) is 12.8. The lowest BCUT2D eigenvalue weighted by Crippen LogP contribution is -2.46. The zero-order valence-electron chi connectivity index (χ0n) is 10.5. The van der Waals surface area contributed by atoms with E-state index >= 15 is 0 Å². The number of hydrogen-bond acceptors (Lipinski definition) is 3. The molecular formula is C14H16N2O2. The van der Waals surface area contributed by atoms with Crippen LogP contribution in [0.4, 0.5) is 0 Å². The summed E-state index contributed by atoms with van der Waals surface area (Å²) in [5.41, 5.74) is 0.716. The van der Waals surface area contributed by atoms with Crippen LogP contribution in [0.3, 0.4) is 0 Å². The lowest BCUT2D eigenvalue weighted by atomic mass is 10.1. The van der Waals surface area contributed by atoms with Crippen molar-refractivity contribution in [1.29, 1.82) is 0 Å². The molecule has 0 spiro atoms. The summed E-state index contributed by atoms with van der Waals surface area (Å²) < 4.78 is 0. The molecule has 2 rings (SSSR count). The van der Waals surface area contributed by atoms with Crippen LogP contribution in [0.1, 0.15) is 24.2 Å². The number of hydrogen-bond donors (Lipinski definition) is 2. The Bertz CT molecular complexity index is 579. The third-order valence-electron chi connectivity index (χ3n) is 2.70. The molecule has 94 valence electrons. The van der Waals surface area contributed by atoms with Gasteiger partial charge in [-0.1, -0.05) is 18.2 Å². The van der Waals surface area contributed by atoms with Gasteiger partial charge >= 0.3 is 0 Å². The Morgan fingerprint density at radius 1 is 1.39 bits per heavy atom. The lowest BCUT2D eigenvalue weighted by molar-refractivity contribution is 0.0869. The summed E-state index contributed by atoms with van der Waals surface area (Å²) in [6.45, 7) is 3.42. The smallest absolute Gasteiger partial charge is 0.253 e. The lowest BCUT2D eigenvalue weighted by Gasteiger charge is -2.23. The number of pyridine rings is 1. The number of benzene rings is 1. The van der Waals surface area contributed by atoms with E-state index in [4.69, 9.17) is 5.11 Å². The largest absolute Gasteiger partial charge is 0.394 e. The Kier molecular flexibility index (Phi) is 3.30. The maximum Gasteiger partial charge on any atom is 0.253 e. The van der Waals surface area contributed by atoms with E-state index in [1.807, 2.05) is 24.3 Å². The fourth-order valence-corrected chi connectivity index (χ4v) is 1.61. The number of rotatable bonds is 3. The standard InChI is InChI=1S/C14H16N2O2/c1-14(2,9-17)16-13(18)11-7-10-5-3-4-6-12(10)15-8-11/h3-8,17H,9H2,1-2H3,(H,16,18). The average molecular weight is 244 g/mol. The van der Waals surface area contributed by atoms with Crippen LogP contribution in [0.5, 0.6) is 0 Å². The van der Waals surface area contributed by atoms with Crippen molar-refractivity contribution in [3.8, 4) is 0 Å². The summed E-state index contributed by atoms with van der Waals surface area (Å²) in [6.07, 6.45) is 1.55. The van der Waals surface area contributed by atoms with Crippen LogP contribution in [0.2, 0.25) is 0 Å². The van der Waals surface area contributed by atoms with Crippen molar-refractivity contribution in [3.63, 3.8) is 0 Å². The number of nitrogens with zero attached hydrogens (tertiary/aromatic N) is 1. The van der Waals surface area contributed by atoms with Gasteiger partial charge in [-0.25, -0.2) is 0 Å². The van der Waals surface area contributed by atoms with Crippen molar-refractivity contribution < 1.29 is 9.90 Å². The zero-order valence-corrected chi connectivity index (χ0v) is 10.5. The fraction of sp³-hybridized carbons (Fsp3) is 0.286. The molecule has 1 aromatic heterocycles. The van der Waals surface area contributed by atoms with Gasteiger partial charge < -0.3 is 10.4 Å². The first-order valence-electron chi connectivity index (χ1n) is 5.80. The molecule has 1 heterocycles. The number of nitrogens with one attached hydrogen (secondary N) is 1. The van der Waals surface area contributed by atoms with E-state index in [0.29, 0.717) is 5.56 Å². The number of para-hydroxylation sites is 1. The van der Waals surface area contributed by atoms with E-state index in [-0.39, 0.29) is 12.5 Å². The molecule has 4 heteroatoms. The van der Waals surface area contributed by atoms with Gasteiger partial charge in [-0.15, -0.1) is 0 Å². The number of carbonyl (C=O) groups is 1. The molecule has 0 radical (unpaired) electrons. The molecule has 0 aliphatic carbocycles. The number of fused-ring (bicyclic) bond motifs is 1. The summed E-state index contributed by atoms with van der Waals surface area (Å²) >= 11 is 0. The predicted octanol–water partition coefficient (Wildman–Crippen LogP) is 1.74. The van der Waals surface area contributed by atoms with E-state index < -0.39 is 5.54 Å². The molecule has 0 saturated heterocycles. The summed E-state index contributed by atoms with van der Waals surface area (Å²) in [6, 6.07) is 9.42. The minimum atomic E-state index is -0.636. The minimum Gasteiger partial charge on any atom is -0.394 e. The summed E-state index contributed by atoms with van der Waals surface area (Å²) in [4.78, 5) is 16.2. The monoisotopic (exact) mass is 244 g/mol. The summed E-state index contributed by atoms with van der Waals surface area (Å²) in [5.74, 6) is -0.229. The first-order valence-corrected chi connectivity index (χ1v) is 5.80. The molecular weight excluding hydrogens is 228 g/mol. The normalized spacial score (nSPS) is 11.5. The average Bonchev–Trinajstić information content (AvgIpc) is 2.37. The Balaban J connectivity index is 2.28. The molecule has 1 aromatic carbocycles. The van der Waals surface area contributed by atoms with E-state index in [0.717, 1.165) is 10.9 Å². The van der Waals surface area contributed by atoms with Crippen molar-refractivity contribution in [1.82, 2.24) is 10.3 Å². The van der Waals surface area contributed by atoms with Gasteiger partial charge in [-0.2, -0.15) is 0 Å². The third kappa shape index (κ3) is 2.65. The molecule has 0 unspecified atom stereocenters. The Morgan fingerprint density at radius 2 is 2.11 bits per heavy atom. The highest BCUT2D eigenvalue weighted by molar-refractivity contribution is 5.97. The molecule has 0 aliphatic heterocycles. The van der Waals surface area contributed by atoms with Gasteiger partial charge in [0, 0.05) is 11.6 Å². The Labute approximate surface area is 106 Å². The van der Waals surface area contributed by atoms with Gasteiger partial charge in [0.15, 0.2) is 0 Å². The quantitative estimate of drug-likeness (QED) is 0.864. The number of aromatic nitrogens is 1. The van der Waals surface area contributed by atoms with Crippen LogP contribution in [0.25, 0.3) is 10.9 Å². The first-order chi connectivity index (χ1) is 8.52. The van der Waals surface area contributed by atoms with E-state index in [9.17, 15) is 4.79 Å². The Morgan fingerprint density at radius 3 is 2.83 bits per heavy atom. The molecule has 0 aliphatic rings. The second kappa shape index (κ2) is 4.74. The van der Waals surface area contributed by atoms with Crippen LogP contribution >= 0.6 is 0 Å². The number of carbonyl (C=O) groups excluding carboxylic acids is 1. The molecule has 0 atom stereocenters. The van der Waals surface area contributed by atoms with Gasteiger partial charge in [0.25, 0.3) is 5.91 Å². The van der Waals surface area contributed by atoms with Crippen molar-refractivity contribution in [2.45, 2.75) is 19.4 Å². The van der Waals surface area contributed by atoms with Gasteiger partial charge in [0.1, 0.15) is 0 Å². The highest BCUT2D eigenvalue weighted by Gasteiger charge is 2.20. The maximum atomic E-state index is 12.0. The van der Waals surface area contributed by atoms with Gasteiger partial charge in [0.2, 0.25) is 0 Å². The zero-order chi connectivity index (χ0) is 13.2. The molecule has 0 fully saturated rings. The highest BCUT2D eigenvalue weighted by atomic mass is 16.3. The topological polar surface area (TPSA) is 62.2 Å². The maximum absolute atomic E-state index is 12.0. The van der Waals surface area contributed by atoms with Crippen LogP contribution in [-0.4, -0.2) is 28.1 Å². The second-order valence-electron chi connectivity index (χ2n) is 4.91. The molecule has 18 heavy (non-hydrogen) atoms. The summed E-state index contributed by atoms with van der Waals surface area (Å²) in [7, 11) is 0. The highest BCUT2D eigenvalue weighted by Crippen LogP contribution is 2.13. The number of aliphatic hydroxyl groups is 1. The molecule has 1 amide bonds. The van der Waals surface area contributed by atoms with Crippen LogP contribution < -0.4 is 5.32 Å². The van der Waals surface area contributed by atoms with E-state index in [2.05, 4.69) is 10.3 Å². The molecule has 2 aromatic rings. The van der Waals surface area contributed by atoms with Crippen molar-refractivity contribution in [2.24, 2.45) is 0 Å².